The van der Waals surface area contributed by atoms with Gasteiger partial charge in [-0.1, -0.05) is 39.0 Å². The van der Waals surface area contributed by atoms with Crippen LogP contribution in [0.3, 0.4) is 0 Å². The maximum absolute atomic E-state index is 3.64. The SMILES string of the molecule is CCNC1CCN(c2ccccc2CC)C(C)C1C. The Labute approximate surface area is 118 Å². The Morgan fingerprint density at radius 3 is 2.63 bits per heavy atom. The van der Waals surface area contributed by atoms with Gasteiger partial charge in [0.15, 0.2) is 0 Å². The van der Waals surface area contributed by atoms with Gasteiger partial charge in [-0.15, -0.1) is 0 Å². The zero-order valence-electron chi connectivity index (χ0n) is 12.8. The lowest BCUT2D eigenvalue weighted by molar-refractivity contribution is 0.274. The van der Waals surface area contributed by atoms with Crippen LogP contribution in [0, 0.1) is 5.92 Å². The number of nitrogens with zero attached hydrogens (tertiary/aromatic N) is 1. The molecule has 2 rings (SSSR count). The van der Waals surface area contributed by atoms with Crippen LogP contribution in [0.5, 0.6) is 0 Å². The molecule has 0 radical (unpaired) electrons. The number of rotatable bonds is 4. The third kappa shape index (κ3) is 2.94. The minimum absolute atomic E-state index is 0.602. The molecule has 1 aromatic rings. The van der Waals surface area contributed by atoms with Gasteiger partial charge in [0.25, 0.3) is 0 Å². The first-order valence-corrected chi connectivity index (χ1v) is 7.76. The quantitative estimate of drug-likeness (QED) is 0.892. The molecule has 0 spiro atoms. The molecule has 0 aromatic heterocycles. The maximum atomic E-state index is 3.64. The molecule has 1 aromatic carbocycles. The molecule has 3 unspecified atom stereocenters. The summed E-state index contributed by atoms with van der Waals surface area (Å²) in [7, 11) is 0. The second kappa shape index (κ2) is 6.42. The van der Waals surface area contributed by atoms with E-state index in [4.69, 9.17) is 0 Å². The summed E-state index contributed by atoms with van der Waals surface area (Å²) in [6, 6.07) is 10.2. The van der Waals surface area contributed by atoms with E-state index in [1.807, 2.05) is 0 Å². The molecule has 1 fully saturated rings. The molecule has 3 atom stereocenters. The third-order valence-corrected chi connectivity index (χ3v) is 4.72. The Morgan fingerprint density at radius 1 is 1.21 bits per heavy atom. The first-order chi connectivity index (χ1) is 9.19. The zero-order valence-corrected chi connectivity index (χ0v) is 12.8. The van der Waals surface area contributed by atoms with Gasteiger partial charge >= 0.3 is 0 Å². The van der Waals surface area contributed by atoms with Crippen molar-refractivity contribution >= 4 is 5.69 Å². The Morgan fingerprint density at radius 2 is 1.95 bits per heavy atom. The van der Waals surface area contributed by atoms with Gasteiger partial charge in [0, 0.05) is 24.3 Å². The molecule has 1 saturated heterocycles. The fourth-order valence-corrected chi connectivity index (χ4v) is 3.34. The van der Waals surface area contributed by atoms with Gasteiger partial charge in [0.2, 0.25) is 0 Å². The monoisotopic (exact) mass is 260 g/mol. The van der Waals surface area contributed by atoms with Crippen LogP contribution in [-0.2, 0) is 6.42 Å². The highest BCUT2D eigenvalue weighted by Gasteiger charge is 2.32. The Bertz CT molecular complexity index is 402. The number of anilines is 1. The van der Waals surface area contributed by atoms with Crippen molar-refractivity contribution in [3.05, 3.63) is 29.8 Å². The van der Waals surface area contributed by atoms with E-state index in [1.165, 1.54) is 24.2 Å². The second-order valence-corrected chi connectivity index (χ2v) is 5.73. The fraction of sp³-hybridized carbons (Fsp3) is 0.647. The lowest BCUT2D eigenvalue weighted by Gasteiger charge is -2.45. The number of aryl methyl sites for hydroxylation is 1. The highest BCUT2D eigenvalue weighted by molar-refractivity contribution is 5.55. The zero-order chi connectivity index (χ0) is 13.8. The Balaban J connectivity index is 2.18. The number of hydrogen-bond acceptors (Lipinski definition) is 2. The topological polar surface area (TPSA) is 15.3 Å². The summed E-state index contributed by atoms with van der Waals surface area (Å²) in [5, 5.41) is 3.64. The first kappa shape index (κ1) is 14.4. The average Bonchev–Trinajstić information content (AvgIpc) is 2.44. The van der Waals surface area contributed by atoms with Crippen LogP contribution in [-0.4, -0.2) is 25.2 Å². The predicted octanol–water partition coefficient (Wildman–Crippen LogP) is 3.46. The van der Waals surface area contributed by atoms with E-state index in [1.54, 1.807) is 0 Å². The molecular weight excluding hydrogens is 232 g/mol. The lowest BCUT2D eigenvalue weighted by atomic mass is 9.86. The van der Waals surface area contributed by atoms with E-state index < -0.39 is 0 Å². The molecule has 0 aliphatic carbocycles. The van der Waals surface area contributed by atoms with Crippen molar-refractivity contribution in [1.29, 1.82) is 0 Å². The van der Waals surface area contributed by atoms with Crippen molar-refractivity contribution in [2.45, 2.75) is 52.6 Å². The largest absolute Gasteiger partial charge is 0.368 e. The number of piperidine rings is 1. The summed E-state index contributed by atoms with van der Waals surface area (Å²) in [5.74, 6) is 0.693. The Kier molecular flexibility index (Phi) is 4.87. The summed E-state index contributed by atoms with van der Waals surface area (Å²) >= 11 is 0. The van der Waals surface area contributed by atoms with E-state index >= 15 is 0 Å². The predicted molar refractivity (Wildman–Crippen MR) is 83.9 cm³/mol. The molecular formula is C17H28N2. The van der Waals surface area contributed by atoms with Crippen molar-refractivity contribution < 1.29 is 0 Å². The van der Waals surface area contributed by atoms with Gasteiger partial charge in [-0.25, -0.2) is 0 Å². The third-order valence-electron chi connectivity index (χ3n) is 4.72. The number of benzene rings is 1. The Hall–Kier alpha value is -1.02. The second-order valence-electron chi connectivity index (χ2n) is 5.73. The van der Waals surface area contributed by atoms with Crippen molar-refractivity contribution in [2.24, 2.45) is 5.92 Å². The molecule has 1 aliphatic rings. The van der Waals surface area contributed by atoms with Crippen LogP contribution >= 0.6 is 0 Å². The van der Waals surface area contributed by atoms with E-state index in [9.17, 15) is 0 Å². The van der Waals surface area contributed by atoms with Gasteiger partial charge < -0.3 is 10.2 Å². The molecule has 19 heavy (non-hydrogen) atoms. The van der Waals surface area contributed by atoms with Crippen LogP contribution in [0.4, 0.5) is 5.69 Å². The smallest absolute Gasteiger partial charge is 0.0401 e. The normalized spacial score (nSPS) is 27.6. The van der Waals surface area contributed by atoms with Crippen LogP contribution < -0.4 is 10.2 Å². The average molecular weight is 260 g/mol. The molecule has 0 amide bonds. The van der Waals surface area contributed by atoms with Gasteiger partial charge in [-0.2, -0.15) is 0 Å². The highest BCUT2D eigenvalue weighted by atomic mass is 15.2. The standard InChI is InChI=1S/C17H28N2/c1-5-15-9-7-8-10-17(15)19-12-11-16(18-6-2)13(3)14(19)4/h7-10,13-14,16,18H,5-6,11-12H2,1-4H3. The van der Waals surface area contributed by atoms with Gasteiger partial charge in [-0.3, -0.25) is 0 Å². The van der Waals surface area contributed by atoms with E-state index in [2.05, 4.69) is 62.2 Å². The van der Waals surface area contributed by atoms with Crippen LogP contribution in [0.1, 0.15) is 39.7 Å². The van der Waals surface area contributed by atoms with Gasteiger partial charge in [-0.05, 0) is 43.9 Å². The molecule has 0 saturated carbocycles. The summed E-state index contributed by atoms with van der Waals surface area (Å²) in [4.78, 5) is 2.61. The molecule has 1 aliphatic heterocycles. The minimum Gasteiger partial charge on any atom is -0.368 e. The summed E-state index contributed by atoms with van der Waals surface area (Å²) in [5.41, 5.74) is 2.92. The number of hydrogen-bond donors (Lipinski definition) is 1. The first-order valence-electron chi connectivity index (χ1n) is 7.76. The molecule has 1 N–H and O–H groups in total. The molecule has 2 nitrogen and oxygen atoms in total. The van der Waals surface area contributed by atoms with E-state index in [0.29, 0.717) is 18.0 Å². The lowest BCUT2D eigenvalue weighted by Crippen LogP contribution is -2.53. The molecule has 2 heteroatoms. The summed E-state index contributed by atoms with van der Waals surface area (Å²) < 4.78 is 0. The summed E-state index contributed by atoms with van der Waals surface area (Å²) in [6.07, 6.45) is 2.36. The highest BCUT2D eigenvalue weighted by Crippen LogP contribution is 2.31. The minimum atomic E-state index is 0.602. The van der Waals surface area contributed by atoms with Crippen molar-refractivity contribution in [2.75, 3.05) is 18.0 Å². The van der Waals surface area contributed by atoms with Gasteiger partial charge in [0.1, 0.15) is 0 Å². The molecule has 0 bridgehead atoms. The maximum Gasteiger partial charge on any atom is 0.0401 e. The summed E-state index contributed by atoms with van der Waals surface area (Å²) in [6.45, 7) is 11.5. The van der Waals surface area contributed by atoms with Gasteiger partial charge in [0.05, 0.1) is 0 Å². The van der Waals surface area contributed by atoms with E-state index in [-0.39, 0.29) is 0 Å². The van der Waals surface area contributed by atoms with E-state index in [0.717, 1.165) is 13.0 Å². The number of nitrogens with one attached hydrogen (secondary N) is 1. The van der Waals surface area contributed by atoms with Crippen LogP contribution in [0.2, 0.25) is 0 Å². The fourth-order valence-electron chi connectivity index (χ4n) is 3.34. The molecule has 106 valence electrons. The van der Waals surface area contributed by atoms with Crippen molar-refractivity contribution in [3.63, 3.8) is 0 Å². The van der Waals surface area contributed by atoms with Crippen LogP contribution in [0.25, 0.3) is 0 Å². The molecule has 1 heterocycles. The van der Waals surface area contributed by atoms with Crippen LogP contribution in [0.15, 0.2) is 24.3 Å². The van der Waals surface area contributed by atoms with Crippen molar-refractivity contribution in [3.8, 4) is 0 Å². The van der Waals surface area contributed by atoms with Crippen molar-refractivity contribution in [1.82, 2.24) is 5.32 Å². The number of para-hydroxylation sites is 1.